The summed E-state index contributed by atoms with van der Waals surface area (Å²) in [7, 11) is 0. The van der Waals surface area contributed by atoms with Crippen LogP contribution in [0.25, 0.3) is 50.3 Å². The van der Waals surface area contributed by atoms with Crippen molar-refractivity contribution in [2.75, 3.05) is 0 Å². The molecule has 8 aromatic rings. The highest BCUT2D eigenvalue weighted by molar-refractivity contribution is 6.09. The molecule has 0 aliphatic heterocycles. The highest BCUT2D eigenvalue weighted by Gasteiger charge is 2.19. The Balaban J connectivity index is 1.23. The lowest BCUT2D eigenvalue weighted by Crippen LogP contribution is -2.00. The highest BCUT2D eigenvalue weighted by atomic mass is 16.5. The van der Waals surface area contributed by atoms with E-state index in [1.807, 2.05) is 42.7 Å². The Hall–Kier alpha value is -6.34. The summed E-state index contributed by atoms with van der Waals surface area (Å²) in [5.41, 5.74) is 10.3. The summed E-state index contributed by atoms with van der Waals surface area (Å²) in [6, 6.07) is 35.2. The average molecular weight is 696 g/mol. The Bertz CT molecular complexity index is 2450. The van der Waals surface area contributed by atoms with Crippen molar-refractivity contribution in [2.45, 2.75) is 53.4 Å². The number of hydrogen-bond acceptors (Lipinski definition) is 6. The number of aryl methyl sites for hydroxylation is 2. The first kappa shape index (κ1) is 33.8. The van der Waals surface area contributed by atoms with Crippen LogP contribution in [0.15, 0.2) is 128 Å². The monoisotopic (exact) mass is 695 g/mol. The summed E-state index contributed by atoms with van der Waals surface area (Å²) in [5, 5.41) is 2.12. The van der Waals surface area contributed by atoms with Gasteiger partial charge in [0.25, 0.3) is 0 Å². The molecule has 0 saturated carbocycles. The Morgan fingerprint density at radius 1 is 0.491 bits per heavy atom. The van der Waals surface area contributed by atoms with E-state index in [9.17, 15) is 0 Å². The van der Waals surface area contributed by atoms with Gasteiger partial charge in [-0.25, -0.2) is 9.97 Å². The lowest BCUT2D eigenvalue weighted by Gasteiger charge is -2.16. The van der Waals surface area contributed by atoms with Crippen molar-refractivity contribution in [2.24, 2.45) is 0 Å². The van der Waals surface area contributed by atoms with Crippen LogP contribution in [0, 0.1) is 13.8 Å². The second-order valence-corrected chi connectivity index (χ2v) is 14.2. The predicted molar refractivity (Wildman–Crippen MR) is 214 cm³/mol. The van der Waals surface area contributed by atoms with Crippen LogP contribution in [0.1, 0.15) is 61.8 Å². The Morgan fingerprint density at radius 2 is 0.962 bits per heavy atom. The number of rotatable bonds is 9. The van der Waals surface area contributed by atoms with E-state index in [-0.39, 0.29) is 11.8 Å². The SMILES string of the molecule is Cc1ccnc(-c2ccc(C(C)C)c(Oc3ccc4c5ccc(Oc6cc(-c7cc(C)ccn7)ccc6C(C)C)cc5n(-c5ncccn5)c4c3)c2)c1. The van der Waals surface area contributed by atoms with Crippen LogP contribution < -0.4 is 9.47 Å². The van der Waals surface area contributed by atoms with Gasteiger partial charge in [-0.15, -0.1) is 0 Å². The molecular weight excluding hydrogens is 655 g/mol. The number of hydrogen-bond donors (Lipinski definition) is 0. The lowest BCUT2D eigenvalue weighted by atomic mass is 9.98. The van der Waals surface area contributed by atoms with Crippen LogP contribution in [0.3, 0.4) is 0 Å². The van der Waals surface area contributed by atoms with Gasteiger partial charge in [0.15, 0.2) is 0 Å². The molecule has 53 heavy (non-hydrogen) atoms. The van der Waals surface area contributed by atoms with Gasteiger partial charge in [-0.1, -0.05) is 52.0 Å². The van der Waals surface area contributed by atoms with Crippen molar-refractivity contribution in [1.29, 1.82) is 0 Å². The molecule has 262 valence electrons. The molecule has 0 fully saturated rings. The van der Waals surface area contributed by atoms with E-state index in [2.05, 4.69) is 139 Å². The summed E-state index contributed by atoms with van der Waals surface area (Å²) >= 11 is 0. The predicted octanol–water partition coefficient (Wildman–Crippen LogP) is 12.1. The Labute approximate surface area is 310 Å². The van der Waals surface area contributed by atoms with Crippen LogP contribution in [0.5, 0.6) is 23.0 Å². The van der Waals surface area contributed by atoms with Gasteiger partial charge in [0.2, 0.25) is 5.95 Å². The number of benzene rings is 4. The van der Waals surface area contributed by atoms with E-state index >= 15 is 0 Å². The molecule has 0 spiro atoms. The Morgan fingerprint density at radius 3 is 1.40 bits per heavy atom. The molecule has 7 heteroatoms. The van der Waals surface area contributed by atoms with Crippen molar-refractivity contribution >= 4 is 21.8 Å². The van der Waals surface area contributed by atoms with E-state index in [0.29, 0.717) is 17.4 Å². The molecule has 0 bridgehead atoms. The van der Waals surface area contributed by atoms with Gasteiger partial charge in [-0.05, 0) is 115 Å². The van der Waals surface area contributed by atoms with E-state index in [0.717, 1.165) is 78.1 Å². The number of aromatic nitrogens is 5. The summed E-state index contributed by atoms with van der Waals surface area (Å²) < 4.78 is 15.6. The molecule has 0 aliphatic carbocycles. The zero-order valence-corrected chi connectivity index (χ0v) is 30.8. The van der Waals surface area contributed by atoms with Crippen molar-refractivity contribution in [1.82, 2.24) is 24.5 Å². The number of pyridine rings is 2. The molecule has 0 unspecified atom stereocenters. The van der Waals surface area contributed by atoms with Gasteiger partial charge in [0, 0.05) is 58.8 Å². The summed E-state index contributed by atoms with van der Waals surface area (Å²) in [6.45, 7) is 12.9. The van der Waals surface area contributed by atoms with Gasteiger partial charge in [0.1, 0.15) is 23.0 Å². The van der Waals surface area contributed by atoms with Gasteiger partial charge >= 0.3 is 0 Å². The normalized spacial score (nSPS) is 11.5. The van der Waals surface area contributed by atoms with E-state index in [1.54, 1.807) is 12.4 Å². The topological polar surface area (TPSA) is 75.0 Å². The first-order valence-electron chi connectivity index (χ1n) is 18.1. The van der Waals surface area contributed by atoms with Crippen molar-refractivity contribution in [3.63, 3.8) is 0 Å². The van der Waals surface area contributed by atoms with Crippen molar-refractivity contribution < 1.29 is 9.47 Å². The molecule has 4 heterocycles. The van der Waals surface area contributed by atoms with Crippen LogP contribution in [-0.2, 0) is 0 Å². The first-order valence-corrected chi connectivity index (χ1v) is 18.1. The standard InChI is InChI=1S/C46H41N5O2/c1-28(2)36-12-8-32(40-22-30(5)16-20-47-40)24-44(36)52-34-10-14-38-39-15-11-35(27-43(39)51(42(38)26-34)46-49-18-7-19-50-46)53-45-25-33(9-13-37(45)29(3)4)41-23-31(6)17-21-48-41/h7-29H,1-6H3. The van der Waals surface area contributed by atoms with Crippen LogP contribution >= 0.6 is 0 Å². The van der Waals surface area contributed by atoms with Crippen LogP contribution in [0.4, 0.5) is 0 Å². The zero-order chi connectivity index (χ0) is 36.6. The highest BCUT2D eigenvalue weighted by Crippen LogP contribution is 2.40. The summed E-state index contributed by atoms with van der Waals surface area (Å²) in [4.78, 5) is 18.6. The molecule has 0 radical (unpaired) electrons. The van der Waals surface area contributed by atoms with Gasteiger partial charge in [-0.2, -0.15) is 0 Å². The third-order valence-electron chi connectivity index (χ3n) is 9.61. The quantitative estimate of drug-likeness (QED) is 0.150. The largest absolute Gasteiger partial charge is 0.457 e. The molecule has 0 amide bonds. The molecule has 4 aromatic heterocycles. The minimum atomic E-state index is 0.265. The summed E-state index contributed by atoms with van der Waals surface area (Å²) in [6.07, 6.45) is 7.22. The van der Waals surface area contributed by atoms with Gasteiger partial charge in [0.05, 0.1) is 22.4 Å². The maximum absolute atomic E-state index is 6.74. The van der Waals surface area contributed by atoms with E-state index < -0.39 is 0 Å². The van der Waals surface area contributed by atoms with Crippen molar-refractivity contribution in [3.8, 4) is 51.5 Å². The second kappa shape index (κ2) is 14.0. The fourth-order valence-electron chi connectivity index (χ4n) is 6.89. The lowest BCUT2D eigenvalue weighted by molar-refractivity contribution is 0.474. The third kappa shape index (κ3) is 6.74. The molecular formula is C46H41N5O2. The average Bonchev–Trinajstić information content (AvgIpc) is 3.47. The molecule has 0 saturated heterocycles. The van der Waals surface area contributed by atoms with Gasteiger partial charge < -0.3 is 9.47 Å². The minimum Gasteiger partial charge on any atom is -0.457 e. The molecule has 0 N–H and O–H groups in total. The first-order chi connectivity index (χ1) is 25.7. The van der Waals surface area contributed by atoms with Gasteiger partial charge in [-0.3, -0.25) is 14.5 Å². The van der Waals surface area contributed by atoms with Crippen LogP contribution in [-0.4, -0.2) is 24.5 Å². The maximum Gasteiger partial charge on any atom is 0.234 e. The molecule has 8 rings (SSSR count). The Kier molecular flexibility index (Phi) is 8.92. The number of nitrogens with zero attached hydrogens (tertiary/aromatic N) is 5. The molecule has 4 aromatic carbocycles. The smallest absolute Gasteiger partial charge is 0.234 e. The van der Waals surface area contributed by atoms with Crippen molar-refractivity contribution in [3.05, 3.63) is 150 Å². The fourth-order valence-corrected chi connectivity index (χ4v) is 6.89. The second-order valence-electron chi connectivity index (χ2n) is 14.2. The van der Waals surface area contributed by atoms with Crippen LogP contribution in [0.2, 0.25) is 0 Å². The summed E-state index contributed by atoms with van der Waals surface area (Å²) in [5.74, 6) is 4.13. The van der Waals surface area contributed by atoms with E-state index in [1.165, 1.54) is 0 Å². The van der Waals surface area contributed by atoms with E-state index in [4.69, 9.17) is 9.47 Å². The minimum absolute atomic E-state index is 0.265. The number of ether oxygens (including phenoxy) is 2. The zero-order valence-electron chi connectivity index (χ0n) is 30.8. The molecule has 0 atom stereocenters. The maximum atomic E-state index is 6.74. The fraction of sp³-hybridized carbons (Fsp3) is 0.174. The molecule has 7 nitrogen and oxygen atoms in total. The third-order valence-corrected chi connectivity index (χ3v) is 9.61. The molecule has 0 aliphatic rings. The number of fused-ring (bicyclic) bond motifs is 3.